The number of aromatic nitrogens is 3. The van der Waals surface area contributed by atoms with Gasteiger partial charge in [0.1, 0.15) is 6.33 Å². The van der Waals surface area contributed by atoms with Crippen LogP contribution in [0.5, 0.6) is 5.75 Å². The fourth-order valence-corrected chi connectivity index (χ4v) is 2.05. The minimum atomic E-state index is -0.452. The Morgan fingerprint density at radius 2 is 2.10 bits per heavy atom. The predicted molar refractivity (Wildman–Crippen MR) is 78.3 cm³/mol. The number of rotatable bonds is 4. The van der Waals surface area contributed by atoms with Crippen molar-refractivity contribution in [3.05, 3.63) is 34.6 Å². The Labute approximate surface area is 122 Å². The molecule has 2 aromatic rings. The summed E-state index contributed by atoms with van der Waals surface area (Å²) in [5.41, 5.74) is 0.253. The van der Waals surface area contributed by atoms with Gasteiger partial charge < -0.3 is 9.30 Å². The molecule has 0 spiro atoms. The van der Waals surface area contributed by atoms with Crippen LogP contribution in [0, 0.1) is 10.1 Å². The third-order valence-corrected chi connectivity index (χ3v) is 2.99. The minimum Gasteiger partial charge on any atom is -0.487 e. The molecule has 0 aliphatic rings. The normalized spacial score (nSPS) is 11.4. The van der Waals surface area contributed by atoms with Gasteiger partial charge in [-0.25, -0.2) is 0 Å². The second-order valence-corrected chi connectivity index (χ2v) is 5.54. The van der Waals surface area contributed by atoms with Crippen LogP contribution < -0.4 is 4.74 Å². The quantitative estimate of drug-likeness (QED) is 0.638. The zero-order chi connectivity index (χ0) is 15.6. The molecule has 0 amide bonds. The predicted octanol–water partition coefficient (Wildman–Crippen LogP) is 3.01. The molecule has 0 aliphatic carbocycles. The monoisotopic (exact) mass is 290 g/mol. The molecule has 2 rings (SSSR count). The van der Waals surface area contributed by atoms with Crippen LogP contribution >= 0.6 is 0 Å². The number of nitro groups is 1. The van der Waals surface area contributed by atoms with Gasteiger partial charge in [0.25, 0.3) is 0 Å². The van der Waals surface area contributed by atoms with Crippen molar-refractivity contribution in [2.24, 2.45) is 0 Å². The summed E-state index contributed by atoms with van der Waals surface area (Å²) < 4.78 is 7.37. The SMILES string of the molecule is CCOc1c(-c2nncn2C(C)(C)C)cccc1[N+](=O)[O-]. The molecule has 7 nitrogen and oxygen atoms in total. The van der Waals surface area contributed by atoms with E-state index in [2.05, 4.69) is 10.2 Å². The van der Waals surface area contributed by atoms with Crippen molar-refractivity contribution < 1.29 is 9.66 Å². The first kappa shape index (κ1) is 15.0. The summed E-state index contributed by atoms with van der Waals surface area (Å²) in [5.74, 6) is 0.776. The van der Waals surface area contributed by atoms with Crippen LogP contribution in [0.25, 0.3) is 11.4 Å². The third-order valence-electron chi connectivity index (χ3n) is 2.99. The second kappa shape index (κ2) is 5.51. The van der Waals surface area contributed by atoms with Crippen LogP contribution in [0.1, 0.15) is 27.7 Å². The largest absolute Gasteiger partial charge is 0.487 e. The molecular weight excluding hydrogens is 272 g/mol. The van der Waals surface area contributed by atoms with Crippen molar-refractivity contribution in [2.75, 3.05) is 6.61 Å². The van der Waals surface area contributed by atoms with Crippen molar-refractivity contribution >= 4 is 5.69 Å². The molecule has 0 aliphatic heterocycles. The van der Waals surface area contributed by atoms with E-state index < -0.39 is 4.92 Å². The maximum Gasteiger partial charge on any atom is 0.311 e. The highest BCUT2D eigenvalue weighted by Crippen LogP contribution is 2.38. The number of nitro benzene ring substituents is 1. The summed E-state index contributed by atoms with van der Waals surface area (Å²) in [4.78, 5) is 10.7. The molecule has 1 heterocycles. The molecule has 1 aromatic heterocycles. The molecule has 0 fully saturated rings. The van der Waals surface area contributed by atoms with Gasteiger partial charge in [-0.05, 0) is 33.8 Å². The van der Waals surface area contributed by atoms with Crippen LogP contribution in [-0.4, -0.2) is 26.3 Å². The van der Waals surface area contributed by atoms with E-state index in [4.69, 9.17) is 4.74 Å². The molecule has 0 unspecified atom stereocenters. The van der Waals surface area contributed by atoms with Gasteiger partial charge in [-0.2, -0.15) is 0 Å². The van der Waals surface area contributed by atoms with E-state index in [1.165, 1.54) is 6.07 Å². The van der Waals surface area contributed by atoms with Crippen molar-refractivity contribution in [2.45, 2.75) is 33.2 Å². The van der Waals surface area contributed by atoms with Crippen LogP contribution in [0.2, 0.25) is 0 Å². The zero-order valence-electron chi connectivity index (χ0n) is 12.5. The lowest BCUT2D eigenvalue weighted by atomic mass is 10.1. The number of hydrogen-bond donors (Lipinski definition) is 0. The molecule has 0 atom stereocenters. The van der Waals surface area contributed by atoms with E-state index in [-0.39, 0.29) is 17.0 Å². The fourth-order valence-electron chi connectivity index (χ4n) is 2.05. The topological polar surface area (TPSA) is 83.1 Å². The van der Waals surface area contributed by atoms with Crippen molar-refractivity contribution in [3.8, 4) is 17.1 Å². The summed E-state index contributed by atoms with van der Waals surface area (Å²) >= 11 is 0. The third kappa shape index (κ3) is 2.86. The Kier molecular flexibility index (Phi) is 3.93. The lowest BCUT2D eigenvalue weighted by Gasteiger charge is -2.22. The summed E-state index contributed by atoms with van der Waals surface area (Å²) in [7, 11) is 0. The van der Waals surface area contributed by atoms with E-state index in [9.17, 15) is 10.1 Å². The van der Waals surface area contributed by atoms with Gasteiger partial charge in [0.05, 0.1) is 17.1 Å². The van der Waals surface area contributed by atoms with E-state index in [1.54, 1.807) is 25.4 Å². The van der Waals surface area contributed by atoms with Gasteiger partial charge in [-0.1, -0.05) is 6.07 Å². The van der Waals surface area contributed by atoms with Crippen LogP contribution in [-0.2, 0) is 5.54 Å². The number of para-hydroxylation sites is 1. The molecule has 1 aromatic carbocycles. The molecule has 0 N–H and O–H groups in total. The minimum absolute atomic E-state index is 0.0715. The summed E-state index contributed by atoms with van der Waals surface area (Å²) in [6, 6.07) is 4.80. The Hall–Kier alpha value is -2.44. The molecular formula is C14H18N4O3. The van der Waals surface area contributed by atoms with Gasteiger partial charge in [0.15, 0.2) is 5.82 Å². The van der Waals surface area contributed by atoms with Crippen LogP contribution in [0.15, 0.2) is 24.5 Å². The van der Waals surface area contributed by atoms with Crippen molar-refractivity contribution in [3.63, 3.8) is 0 Å². The standard InChI is InChI=1S/C14H18N4O3/c1-5-21-12-10(7-6-8-11(12)18(19)20)13-16-15-9-17(13)14(2,3)4/h6-9H,5H2,1-4H3. The van der Waals surface area contributed by atoms with Crippen LogP contribution in [0.4, 0.5) is 5.69 Å². The maximum absolute atomic E-state index is 11.2. The molecule has 0 saturated heterocycles. The molecule has 0 saturated carbocycles. The lowest BCUT2D eigenvalue weighted by Crippen LogP contribution is -2.22. The van der Waals surface area contributed by atoms with Gasteiger partial charge >= 0.3 is 5.69 Å². The van der Waals surface area contributed by atoms with E-state index in [0.29, 0.717) is 18.0 Å². The first-order valence-corrected chi connectivity index (χ1v) is 6.67. The van der Waals surface area contributed by atoms with Gasteiger partial charge in [0.2, 0.25) is 5.75 Å². The Bertz CT molecular complexity index is 658. The smallest absolute Gasteiger partial charge is 0.311 e. The average molecular weight is 290 g/mol. The van der Waals surface area contributed by atoms with Gasteiger partial charge in [-0.3, -0.25) is 10.1 Å². The molecule has 0 bridgehead atoms. The summed E-state index contributed by atoms with van der Waals surface area (Å²) in [6.45, 7) is 8.16. The van der Waals surface area contributed by atoms with Crippen molar-refractivity contribution in [1.29, 1.82) is 0 Å². The highest BCUT2D eigenvalue weighted by molar-refractivity contribution is 5.71. The number of hydrogen-bond acceptors (Lipinski definition) is 5. The molecule has 7 heteroatoms. The molecule has 21 heavy (non-hydrogen) atoms. The van der Waals surface area contributed by atoms with Crippen molar-refractivity contribution in [1.82, 2.24) is 14.8 Å². The van der Waals surface area contributed by atoms with E-state index >= 15 is 0 Å². The molecule has 0 radical (unpaired) electrons. The Morgan fingerprint density at radius 1 is 1.38 bits per heavy atom. The maximum atomic E-state index is 11.2. The molecule has 112 valence electrons. The highest BCUT2D eigenvalue weighted by Gasteiger charge is 2.25. The number of nitrogens with zero attached hydrogens (tertiary/aromatic N) is 4. The van der Waals surface area contributed by atoms with Crippen LogP contribution in [0.3, 0.4) is 0 Å². The summed E-state index contributed by atoms with van der Waals surface area (Å²) in [5, 5.41) is 19.2. The van der Waals surface area contributed by atoms with E-state index in [1.807, 2.05) is 25.3 Å². The Morgan fingerprint density at radius 3 is 2.67 bits per heavy atom. The summed E-state index contributed by atoms with van der Waals surface area (Å²) in [6.07, 6.45) is 1.61. The highest BCUT2D eigenvalue weighted by atomic mass is 16.6. The Balaban J connectivity index is 2.67. The number of benzene rings is 1. The average Bonchev–Trinajstić information content (AvgIpc) is 2.88. The second-order valence-electron chi connectivity index (χ2n) is 5.54. The zero-order valence-corrected chi connectivity index (χ0v) is 12.5. The van der Waals surface area contributed by atoms with E-state index in [0.717, 1.165) is 0 Å². The van der Waals surface area contributed by atoms with Gasteiger partial charge in [-0.15, -0.1) is 10.2 Å². The first-order valence-electron chi connectivity index (χ1n) is 6.67. The lowest BCUT2D eigenvalue weighted by molar-refractivity contribution is -0.385. The van der Waals surface area contributed by atoms with Gasteiger partial charge in [0, 0.05) is 11.6 Å². The number of ether oxygens (including phenoxy) is 1. The fraction of sp³-hybridized carbons (Fsp3) is 0.429. The first-order chi connectivity index (χ1) is 9.86.